The molecule has 236 valence electrons. The van der Waals surface area contributed by atoms with E-state index >= 15 is 0 Å². The van der Waals surface area contributed by atoms with Crippen LogP contribution in [0.2, 0.25) is 0 Å². The van der Waals surface area contributed by atoms with Crippen LogP contribution in [0.15, 0.2) is 164 Å². The highest BCUT2D eigenvalue weighted by atomic mass is 15.2. The third-order valence-electron chi connectivity index (χ3n) is 10.6. The topological polar surface area (TPSA) is 30.7 Å². The van der Waals surface area contributed by atoms with E-state index < -0.39 is 0 Å². The van der Waals surface area contributed by atoms with Crippen LogP contribution in [0.1, 0.15) is 25.0 Å². The fraction of sp³-hybridized carbons (Fsp3) is 0.0638. The second kappa shape index (κ2) is 10.8. The molecule has 9 aromatic rings. The molecule has 3 nitrogen and oxygen atoms in total. The average molecular weight is 640 g/mol. The first kappa shape index (κ1) is 28.7. The lowest BCUT2D eigenvalue weighted by molar-refractivity contribution is 0.660. The van der Waals surface area contributed by atoms with Gasteiger partial charge in [-0.05, 0) is 45.3 Å². The van der Waals surface area contributed by atoms with Crippen molar-refractivity contribution in [2.24, 2.45) is 0 Å². The number of nitrogens with zero attached hydrogens (tertiary/aromatic N) is 3. The molecule has 50 heavy (non-hydrogen) atoms. The molecule has 7 aromatic carbocycles. The van der Waals surface area contributed by atoms with Crippen LogP contribution in [0.25, 0.3) is 83.3 Å². The maximum absolute atomic E-state index is 5.37. The minimum absolute atomic E-state index is 0.0518. The van der Waals surface area contributed by atoms with Crippen molar-refractivity contribution in [3.8, 4) is 50.7 Å². The summed E-state index contributed by atoms with van der Waals surface area (Å²) in [6.07, 6.45) is 0. The van der Waals surface area contributed by atoms with E-state index in [0.29, 0.717) is 5.95 Å². The summed E-state index contributed by atoms with van der Waals surface area (Å²) in [6, 6.07) is 58.7. The van der Waals surface area contributed by atoms with E-state index in [9.17, 15) is 0 Å². The van der Waals surface area contributed by atoms with E-state index in [2.05, 4.69) is 170 Å². The third-order valence-corrected chi connectivity index (χ3v) is 10.6. The molecule has 2 heterocycles. The van der Waals surface area contributed by atoms with E-state index in [0.717, 1.165) is 39.1 Å². The zero-order valence-corrected chi connectivity index (χ0v) is 27.9. The monoisotopic (exact) mass is 639 g/mol. The van der Waals surface area contributed by atoms with Gasteiger partial charge >= 0.3 is 0 Å². The molecule has 2 aromatic heterocycles. The molecule has 0 radical (unpaired) electrons. The van der Waals surface area contributed by atoms with Crippen molar-refractivity contribution in [1.29, 1.82) is 0 Å². The number of benzene rings is 7. The zero-order chi connectivity index (χ0) is 33.4. The van der Waals surface area contributed by atoms with Gasteiger partial charge < -0.3 is 0 Å². The molecule has 0 atom stereocenters. The van der Waals surface area contributed by atoms with Crippen molar-refractivity contribution in [1.82, 2.24) is 14.5 Å². The zero-order valence-electron chi connectivity index (χ0n) is 27.9. The van der Waals surface area contributed by atoms with Gasteiger partial charge in [-0.25, -0.2) is 9.97 Å². The summed E-state index contributed by atoms with van der Waals surface area (Å²) in [7, 11) is 0. The SMILES string of the molecule is CC1(C)c2ccccc2-c2cc(-c3cccc4c5ccc6ccccc6c5n(-c5nc(-c6ccccc6)cc(-c6ccccc6)n5)c34)ccc21. The van der Waals surface area contributed by atoms with Gasteiger partial charge in [0, 0.05) is 38.3 Å². The van der Waals surface area contributed by atoms with Gasteiger partial charge in [0.05, 0.1) is 22.4 Å². The molecule has 3 heteroatoms. The number of hydrogen-bond acceptors (Lipinski definition) is 2. The molecule has 0 aliphatic heterocycles. The van der Waals surface area contributed by atoms with Gasteiger partial charge in [0.1, 0.15) is 0 Å². The standard InChI is InChI=1S/C47H33N3/c1-47(2)40-23-12-11-20-36(40)39-28-33(25-27-41(39)47)35-21-13-22-37-38-26-24-30-14-9-10-19-34(30)44(38)50(45(35)37)46-48-42(31-15-5-3-6-16-31)29-43(49-46)32-17-7-4-8-18-32/h3-29H,1-2H3. The van der Waals surface area contributed by atoms with Crippen LogP contribution < -0.4 is 0 Å². The van der Waals surface area contributed by atoms with Gasteiger partial charge in [-0.1, -0.05) is 166 Å². The lowest BCUT2D eigenvalue weighted by Gasteiger charge is -2.21. The van der Waals surface area contributed by atoms with Gasteiger partial charge in [0.25, 0.3) is 0 Å². The molecule has 0 saturated heterocycles. The number of aromatic nitrogens is 3. The number of rotatable bonds is 4. The average Bonchev–Trinajstić information content (AvgIpc) is 3.64. The van der Waals surface area contributed by atoms with Gasteiger partial charge in [0.15, 0.2) is 0 Å². The summed E-state index contributed by atoms with van der Waals surface area (Å²) < 4.78 is 2.33. The van der Waals surface area contributed by atoms with Crippen molar-refractivity contribution in [2.75, 3.05) is 0 Å². The summed E-state index contributed by atoms with van der Waals surface area (Å²) in [5, 5.41) is 4.72. The molecule has 0 saturated carbocycles. The Morgan fingerprint density at radius 3 is 1.78 bits per heavy atom. The lowest BCUT2D eigenvalue weighted by Crippen LogP contribution is -2.14. The van der Waals surface area contributed by atoms with Crippen LogP contribution in [0.4, 0.5) is 0 Å². The number of fused-ring (bicyclic) bond motifs is 8. The van der Waals surface area contributed by atoms with Gasteiger partial charge in [0.2, 0.25) is 5.95 Å². The highest BCUT2D eigenvalue weighted by molar-refractivity contribution is 6.21. The van der Waals surface area contributed by atoms with Crippen LogP contribution in [0.5, 0.6) is 0 Å². The second-order valence-electron chi connectivity index (χ2n) is 13.8. The van der Waals surface area contributed by atoms with Crippen LogP contribution >= 0.6 is 0 Å². The molecule has 0 spiro atoms. The third kappa shape index (κ3) is 4.23. The molecular formula is C47H33N3. The van der Waals surface area contributed by atoms with Crippen molar-refractivity contribution in [3.63, 3.8) is 0 Å². The van der Waals surface area contributed by atoms with E-state index in [1.807, 2.05) is 12.1 Å². The predicted octanol–water partition coefficient (Wildman–Crippen LogP) is 12.0. The molecule has 0 amide bonds. The summed E-state index contributed by atoms with van der Waals surface area (Å²) in [4.78, 5) is 10.7. The quantitative estimate of drug-likeness (QED) is 0.192. The minimum Gasteiger partial charge on any atom is -0.277 e. The van der Waals surface area contributed by atoms with Crippen molar-refractivity contribution >= 4 is 32.6 Å². The Balaban J connectivity index is 1.33. The predicted molar refractivity (Wildman–Crippen MR) is 208 cm³/mol. The van der Waals surface area contributed by atoms with E-state index in [1.165, 1.54) is 49.4 Å². The Kier molecular flexibility index (Phi) is 6.22. The first-order valence-electron chi connectivity index (χ1n) is 17.3. The second-order valence-corrected chi connectivity index (χ2v) is 13.8. The first-order valence-corrected chi connectivity index (χ1v) is 17.3. The maximum atomic E-state index is 5.37. The first-order chi connectivity index (χ1) is 24.6. The number of hydrogen-bond donors (Lipinski definition) is 0. The Hall–Kier alpha value is -6.32. The molecule has 0 unspecified atom stereocenters. The molecule has 0 fully saturated rings. The molecular weight excluding hydrogens is 607 g/mol. The van der Waals surface area contributed by atoms with Crippen LogP contribution in [-0.2, 0) is 5.41 Å². The maximum Gasteiger partial charge on any atom is 0.235 e. The van der Waals surface area contributed by atoms with Crippen molar-refractivity contribution in [3.05, 3.63) is 175 Å². The Morgan fingerprint density at radius 1 is 0.420 bits per heavy atom. The largest absolute Gasteiger partial charge is 0.277 e. The van der Waals surface area contributed by atoms with E-state index in [1.54, 1.807) is 0 Å². The highest BCUT2D eigenvalue weighted by Crippen LogP contribution is 2.50. The van der Waals surface area contributed by atoms with Gasteiger partial charge in [-0.2, -0.15) is 0 Å². The summed E-state index contributed by atoms with van der Waals surface area (Å²) in [5.74, 6) is 0.654. The summed E-state index contributed by atoms with van der Waals surface area (Å²) in [6.45, 7) is 4.67. The normalized spacial score (nSPS) is 13.2. The fourth-order valence-corrected chi connectivity index (χ4v) is 8.20. The van der Waals surface area contributed by atoms with Crippen LogP contribution in [-0.4, -0.2) is 14.5 Å². The van der Waals surface area contributed by atoms with E-state index in [-0.39, 0.29) is 5.41 Å². The Labute approximate surface area is 291 Å². The van der Waals surface area contributed by atoms with Crippen molar-refractivity contribution < 1.29 is 0 Å². The highest BCUT2D eigenvalue weighted by Gasteiger charge is 2.35. The molecule has 0 bridgehead atoms. The molecule has 1 aliphatic rings. The minimum atomic E-state index is -0.0518. The lowest BCUT2D eigenvalue weighted by atomic mass is 9.82. The molecule has 10 rings (SSSR count). The smallest absolute Gasteiger partial charge is 0.235 e. The van der Waals surface area contributed by atoms with Gasteiger partial charge in [-0.3, -0.25) is 4.57 Å². The Bertz CT molecular complexity index is 2720. The summed E-state index contributed by atoms with van der Waals surface area (Å²) >= 11 is 0. The van der Waals surface area contributed by atoms with Crippen LogP contribution in [0, 0.1) is 0 Å². The fourth-order valence-electron chi connectivity index (χ4n) is 8.20. The van der Waals surface area contributed by atoms with Crippen LogP contribution in [0.3, 0.4) is 0 Å². The molecule has 0 N–H and O–H groups in total. The number of para-hydroxylation sites is 1. The molecule has 1 aliphatic carbocycles. The van der Waals surface area contributed by atoms with Crippen molar-refractivity contribution in [2.45, 2.75) is 19.3 Å². The Morgan fingerprint density at radius 2 is 1.02 bits per heavy atom. The summed E-state index contributed by atoms with van der Waals surface area (Å²) in [5.41, 5.74) is 13.8. The van der Waals surface area contributed by atoms with Gasteiger partial charge in [-0.15, -0.1) is 0 Å². The van der Waals surface area contributed by atoms with E-state index in [4.69, 9.17) is 9.97 Å².